The van der Waals surface area contributed by atoms with Gasteiger partial charge in [-0.15, -0.1) is 5.11 Å². The molecule has 1 aromatic rings. The molecule has 0 fully saturated rings. The van der Waals surface area contributed by atoms with Gasteiger partial charge < -0.3 is 5.84 Å². The van der Waals surface area contributed by atoms with Crippen LogP contribution < -0.4 is 5.84 Å². The van der Waals surface area contributed by atoms with Gasteiger partial charge in [0.25, 0.3) is 0 Å². The molecule has 2 N–H and O–H groups in total. The van der Waals surface area contributed by atoms with Crippen LogP contribution in [0, 0.1) is 0 Å². The van der Waals surface area contributed by atoms with E-state index in [9.17, 15) is 0 Å². The first-order valence-electron chi connectivity index (χ1n) is 3.71. The monoisotopic (exact) mass is 161 g/mol. The van der Waals surface area contributed by atoms with Gasteiger partial charge in [-0.25, -0.2) is 0 Å². The molecule has 3 heteroatoms. The minimum Gasteiger partial charge on any atom is -0.305 e. The average molecular weight is 161 g/mol. The summed E-state index contributed by atoms with van der Waals surface area (Å²) in [5.74, 6) is 4.96. The molecule has 0 spiro atoms. The van der Waals surface area contributed by atoms with Crippen LogP contribution >= 0.6 is 0 Å². The Hall–Kier alpha value is -1.64. The van der Waals surface area contributed by atoms with Gasteiger partial charge in [-0.2, -0.15) is 0 Å². The van der Waals surface area contributed by atoms with Gasteiger partial charge in [0.2, 0.25) is 0 Å². The Morgan fingerprint density at radius 2 is 2.00 bits per heavy atom. The third-order valence-electron chi connectivity index (χ3n) is 1.51. The van der Waals surface area contributed by atoms with Crippen molar-refractivity contribution in [3.8, 4) is 0 Å². The lowest BCUT2D eigenvalue weighted by Crippen LogP contribution is -1.81. The lowest BCUT2D eigenvalue weighted by Gasteiger charge is -1.97. The zero-order valence-electron chi connectivity index (χ0n) is 6.94. The summed E-state index contributed by atoms with van der Waals surface area (Å²) in [6, 6.07) is 9.78. The summed E-state index contributed by atoms with van der Waals surface area (Å²) < 4.78 is 0. The summed E-state index contributed by atoms with van der Waals surface area (Å²) in [7, 11) is 0. The largest absolute Gasteiger partial charge is 0.305 e. The second-order valence-corrected chi connectivity index (χ2v) is 2.26. The summed E-state index contributed by atoms with van der Waals surface area (Å²) >= 11 is 0. The summed E-state index contributed by atoms with van der Waals surface area (Å²) in [5, 5.41) is 7.02. The standard InChI is InChI=1S/C9H11N3/c1-2-9(11-12-10)8-6-4-3-5-7-8/h2-7H,1H3,(H2,10,11)/b9-2+. The number of nitrogens with zero attached hydrogens (tertiary/aromatic N) is 2. The fourth-order valence-electron chi connectivity index (χ4n) is 0.953. The number of hydrogen-bond acceptors (Lipinski definition) is 2. The molecule has 1 aromatic carbocycles. The van der Waals surface area contributed by atoms with Crippen molar-refractivity contribution in [3.63, 3.8) is 0 Å². The van der Waals surface area contributed by atoms with Gasteiger partial charge in [0.15, 0.2) is 0 Å². The molecule has 0 radical (unpaired) electrons. The minimum absolute atomic E-state index is 0.790. The maximum Gasteiger partial charge on any atom is 0.0903 e. The van der Waals surface area contributed by atoms with Gasteiger partial charge in [0, 0.05) is 5.56 Å². The number of benzene rings is 1. The molecule has 12 heavy (non-hydrogen) atoms. The molecule has 1 rings (SSSR count). The predicted molar refractivity (Wildman–Crippen MR) is 49.1 cm³/mol. The Balaban J connectivity index is 2.97. The van der Waals surface area contributed by atoms with Crippen LogP contribution in [-0.4, -0.2) is 0 Å². The van der Waals surface area contributed by atoms with E-state index in [1.54, 1.807) is 0 Å². The van der Waals surface area contributed by atoms with Crippen LogP contribution in [-0.2, 0) is 0 Å². The highest BCUT2D eigenvalue weighted by Gasteiger charge is 1.95. The lowest BCUT2D eigenvalue weighted by molar-refractivity contribution is 1.06. The van der Waals surface area contributed by atoms with Crippen LogP contribution in [0.1, 0.15) is 12.5 Å². The van der Waals surface area contributed by atoms with Gasteiger partial charge in [-0.1, -0.05) is 41.6 Å². The topological polar surface area (TPSA) is 50.7 Å². The normalized spacial score (nSPS) is 12.2. The second kappa shape index (κ2) is 4.28. The summed E-state index contributed by atoms with van der Waals surface area (Å²) in [4.78, 5) is 0. The van der Waals surface area contributed by atoms with Crippen molar-refractivity contribution in [2.75, 3.05) is 0 Å². The van der Waals surface area contributed by atoms with Crippen LogP contribution in [0.25, 0.3) is 5.70 Å². The van der Waals surface area contributed by atoms with Crippen molar-refractivity contribution in [1.82, 2.24) is 0 Å². The molecule has 62 valence electrons. The summed E-state index contributed by atoms with van der Waals surface area (Å²) in [6.07, 6.45) is 1.87. The van der Waals surface area contributed by atoms with Crippen molar-refractivity contribution in [3.05, 3.63) is 42.0 Å². The molecular weight excluding hydrogens is 150 g/mol. The Morgan fingerprint density at radius 1 is 1.33 bits per heavy atom. The Labute approximate surface area is 71.6 Å². The van der Waals surface area contributed by atoms with E-state index in [0.717, 1.165) is 11.3 Å². The molecule has 0 aliphatic heterocycles. The molecule has 0 aliphatic carbocycles. The molecule has 3 nitrogen and oxygen atoms in total. The van der Waals surface area contributed by atoms with E-state index in [-0.39, 0.29) is 0 Å². The fourth-order valence-corrected chi connectivity index (χ4v) is 0.953. The van der Waals surface area contributed by atoms with Crippen molar-refractivity contribution >= 4 is 5.70 Å². The maximum atomic E-state index is 4.96. The molecule has 0 amide bonds. The van der Waals surface area contributed by atoms with Gasteiger partial charge >= 0.3 is 0 Å². The highest BCUT2D eigenvalue weighted by Crippen LogP contribution is 2.14. The number of rotatable bonds is 2. The van der Waals surface area contributed by atoms with Crippen LogP contribution in [0.4, 0.5) is 0 Å². The third-order valence-corrected chi connectivity index (χ3v) is 1.51. The van der Waals surface area contributed by atoms with Crippen LogP contribution in [0.3, 0.4) is 0 Å². The van der Waals surface area contributed by atoms with E-state index in [1.165, 1.54) is 0 Å². The van der Waals surface area contributed by atoms with Crippen LogP contribution in [0.5, 0.6) is 0 Å². The summed E-state index contributed by atoms with van der Waals surface area (Å²) in [5.41, 5.74) is 1.81. The van der Waals surface area contributed by atoms with Crippen molar-refractivity contribution in [1.29, 1.82) is 0 Å². The highest BCUT2D eigenvalue weighted by molar-refractivity contribution is 5.63. The van der Waals surface area contributed by atoms with E-state index in [4.69, 9.17) is 5.84 Å². The molecular formula is C9H11N3. The van der Waals surface area contributed by atoms with Crippen LogP contribution in [0.15, 0.2) is 46.7 Å². The minimum atomic E-state index is 0.790. The van der Waals surface area contributed by atoms with E-state index in [2.05, 4.69) is 10.3 Å². The predicted octanol–water partition coefficient (Wildman–Crippen LogP) is 2.37. The lowest BCUT2D eigenvalue weighted by atomic mass is 10.1. The molecule has 0 aromatic heterocycles. The first kappa shape index (κ1) is 8.46. The van der Waals surface area contributed by atoms with Gasteiger partial charge in [-0.05, 0) is 6.92 Å². The first-order valence-corrected chi connectivity index (χ1v) is 3.71. The maximum absolute atomic E-state index is 4.96. The molecule has 0 aliphatic rings. The van der Waals surface area contributed by atoms with E-state index in [1.807, 2.05) is 43.3 Å². The third kappa shape index (κ3) is 1.92. The van der Waals surface area contributed by atoms with E-state index < -0.39 is 0 Å². The molecule has 0 unspecified atom stereocenters. The number of hydrogen-bond donors (Lipinski definition) is 1. The Morgan fingerprint density at radius 3 is 2.50 bits per heavy atom. The molecule has 0 atom stereocenters. The van der Waals surface area contributed by atoms with Crippen LogP contribution in [0.2, 0.25) is 0 Å². The number of allylic oxidation sites excluding steroid dienone is 1. The molecule has 0 saturated carbocycles. The van der Waals surface area contributed by atoms with E-state index >= 15 is 0 Å². The van der Waals surface area contributed by atoms with E-state index in [0.29, 0.717) is 0 Å². The SMILES string of the molecule is C/C=C(/N=NN)c1ccccc1. The van der Waals surface area contributed by atoms with Crippen molar-refractivity contribution < 1.29 is 0 Å². The summed E-state index contributed by atoms with van der Waals surface area (Å²) in [6.45, 7) is 1.90. The molecule has 0 heterocycles. The van der Waals surface area contributed by atoms with Gasteiger partial charge in [0.1, 0.15) is 0 Å². The quantitative estimate of drug-likeness (QED) is 0.404. The molecule has 0 bridgehead atoms. The Kier molecular flexibility index (Phi) is 3.02. The Bertz CT molecular complexity index is 288. The van der Waals surface area contributed by atoms with Crippen molar-refractivity contribution in [2.45, 2.75) is 6.92 Å². The van der Waals surface area contributed by atoms with Crippen molar-refractivity contribution in [2.24, 2.45) is 16.2 Å². The van der Waals surface area contributed by atoms with Gasteiger partial charge in [-0.3, -0.25) is 0 Å². The second-order valence-electron chi connectivity index (χ2n) is 2.26. The zero-order valence-corrected chi connectivity index (χ0v) is 6.94. The van der Waals surface area contributed by atoms with Gasteiger partial charge in [0.05, 0.1) is 5.70 Å². The highest BCUT2D eigenvalue weighted by atomic mass is 15.3. The smallest absolute Gasteiger partial charge is 0.0903 e. The molecule has 0 saturated heterocycles. The number of nitrogens with two attached hydrogens (primary N) is 1. The zero-order chi connectivity index (χ0) is 8.81. The average Bonchev–Trinajstić information content (AvgIpc) is 2.15. The first-order chi connectivity index (χ1) is 5.88. The fraction of sp³-hybridized carbons (Fsp3) is 0.111.